The summed E-state index contributed by atoms with van der Waals surface area (Å²) < 4.78 is 0. The molecule has 0 bridgehead atoms. The van der Waals surface area contributed by atoms with E-state index < -0.39 is 0 Å². The molecule has 0 aliphatic rings. The Balaban J connectivity index is 2.11. The maximum absolute atomic E-state index is 12.2. The van der Waals surface area contributed by atoms with Gasteiger partial charge in [0.05, 0.1) is 0 Å². The third-order valence-corrected chi connectivity index (χ3v) is 2.97. The summed E-state index contributed by atoms with van der Waals surface area (Å²) in [5, 5.41) is 11.9. The summed E-state index contributed by atoms with van der Waals surface area (Å²) in [6.45, 7) is 4.87. The van der Waals surface area contributed by atoms with Crippen LogP contribution in [0, 0.1) is 6.92 Å². The number of H-pyrrole nitrogens is 1. The van der Waals surface area contributed by atoms with E-state index in [0.29, 0.717) is 11.4 Å². The molecule has 3 N–H and O–H groups in total. The van der Waals surface area contributed by atoms with Gasteiger partial charge in [0.25, 0.3) is 11.5 Å². The standard InChI is InChI=1S/C15H18N4O2/c1-3-8-16-11-4-5-12(10(2)9-11)15(21)17-13-6-7-14(20)19-18-13/h4-7,9,16H,3,8H2,1-2H3,(H,19,20)(H,17,18,21). The Labute approximate surface area is 122 Å². The highest BCUT2D eigenvalue weighted by molar-refractivity contribution is 6.04. The van der Waals surface area contributed by atoms with Gasteiger partial charge in [0.2, 0.25) is 0 Å². The molecule has 1 aromatic carbocycles. The zero-order chi connectivity index (χ0) is 15.2. The minimum absolute atomic E-state index is 0.255. The number of rotatable bonds is 5. The summed E-state index contributed by atoms with van der Waals surface area (Å²) >= 11 is 0. The van der Waals surface area contributed by atoms with Crippen molar-refractivity contribution in [2.45, 2.75) is 20.3 Å². The van der Waals surface area contributed by atoms with Gasteiger partial charge in [-0.1, -0.05) is 6.92 Å². The number of carbonyl (C=O) groups excluding carboxylic acids is 1. The van der Waals surface area contributed by atoms with Crippen molar-refractivity contribution in [3.05, 3.63) is 51.8 Å². The van der Waals surface area contributed by atoms with E-state index in [9.17, 15) is 9.59 Å². The summed E-state index contributed by atoms with van der Waals surface area (Å²) in [7, 11) is 0. The van der Waals surface area contributed by atoms with Crippen LogP contribution in [0.5, 0.6) is 0 Å². The van der Waals surface area contributed by atoms with Crippen molar-refractivity contribution in [3.8, 4) is 0 Å². The molecule has 6 heteroatoms. The first-order valence-corrected chi connectivity index (χ1v) is 6.81. The van der Waals surface area contributed by atoms with E-state index in [1.54, 1.807) is 6.07 Å². The number of hydrogen-bond donors (Lipinski definition) is 3. The molecule has 0 spiro atoms. The van der Waals surface area contributed by atoms with Gasteiger partial charge in [0, 0.05) is 23.9 Å². The third kappa shape index (κ3) is 3.92. The molecule has 0 unspecified atom stereocenters. The lowest BCUT2D eigenvalue weighted by Gasteiger charge is -2.10. The summed E-state index contributed by atoms with van der Waals surface area (Å²) in [4.78, 5) is 23.1. The SMILES string of the molecule is CCCNc1ccc(C(=O)Nc2ccc(=O)[nH]n2)c(C)c1. The Bertz CT molecular complexity index is 674. The molecule has 0 aliphatic carbocycles. The van der Waals surface area contributed by atoms with E-state index in [-0.39, 0.29) is 11.5 Å². The molecule has 0 aliphatic heterocycles. The highest BCUT2D eigenvalue weighted by atomic mass is 16.2. The van der Waals surface area contributed by atoms with Crippen molar-refractivity contribution in [3.63, 3.8) is 0 Å². The van der Waals surface area contributed by atoms with Gasteiger partial charge in [-0.2, -0.15) is 5.10 Å². The molecular weight excluding hydrogens is 268 g/mol. The second kappa shape index (κ2) is 6.69. The number of aromatic amines is 1. The van der Waals surface area contributed by atoms with Gasteiger partial charge in [0.1, 0.15) is 0 Å². The first-order valence-electron chi connectivity index (χ1n) is 6.81. The third-order valence-electron chi connectivity index (χ3n) is 2.97. The summed E-state index contributed by atoms with van der Waals surface area (Å²) in [5.74, 6) is 0.0567. The quantitative estimate of drug-likeness (QED) is 0.786. The zero-order valence-corrected chi connectivity index (χ0v) is 12.1. The van der Waals surface area contributed by atoms with E-state index in [4.69, 9.17) is 0 Å². The van der Waals surface area contributed by atoms with Crippen molar-refractivity contribution in [1.29, 1.82) is 0 Å². The van der Waals surface area contributed by atoms with Crippen molar-refractivity contribution in [2.24, 2.45) is 0 Å². The second-order valence-corrected chi connectivity index (χ2v) is 4.72. The predicted molar refractivity (Wildman–Crippen MR) is 82.8 cm³/mol. The monoisotopic (exact) mass is 286 g/mol. The Morgan fingerprint density at radius 2 is 2.10 bits per heavy atom. The topological polar surface area (TPSA) is 86.9 Å². The molecule has 2 aromatic rings. The number of anilines is 2. The number of carbonyl (C=O) groups is 1. The van der Waals surface area contributed by atoms with E-state index >= 15 is 0 Å². The lowest BCUT2D eigenvalue weighted by molar-refractivity contribution is 0.102. The first kappa shape index (κ1) is 14.8. The highest BCUT2D eigenvalue weighted by Gasteiger charge is 2.10. The van der Waals surface area contributed by atoms with Gasteiger partial charge in [-0.25, -0.2) is 5.10 Å². The Morgan fingerprint density at radius 1 is 1.29 bits per heavy atom. The number of nitrogens with one attached hydrogen (secondary N) is 3. The second-order valence-electron chi connectivity index (χ2n) is 4.72. The van der Waals surface area contributed by atoms with E-state index in [0.717, 1.165) is 24.2 Å². The fraction of sp³-hybridized carbons (Fsp3) is 0.267. The van der Waals surface area contributed by atoms with Gasteiger partial charge in [0.15, 0.2) is 5.82 Å². The largest absolute Gasteiger partial charge is 0.385 e. The number of hydrogen-bond acceptors (Lipinski definition) is 4. The average Bonchev–Trinajstić information content (AvgIpc) is 2.47. The number of nitrogens with zero attached hydrogens (tertiary/aromatic N) is 1. The normalized spacial score (nSPS) is 10.2. The van der Waals surface area contributed by atoms with Crippen molar-refractivity contribution < 1.29 is 4.79 Å². The smallest absolute Gasteiger partial charge is 0.264 e. The van der Waals surface area contributed by atoms with Crippen LogP contribution in [0.1, 0.15) is 29.3 Å². The summed E-state index contributed by atoms with van der Waals surface area (Å²) in [5.41, 5.74) is 2.13. The Morgan fingerprint density at radius 3 is 2.71 bits per heavy atom. The fourth-order valence-corrected chi connectivity index (χ4v) is 1.90. The van der Waals surface area contributed by atoms with Gasteiger partial charge >= 0.3 is 0 Å². The Hall–Kier alpha value is -2.63. The van der Waals surface area contributed by atoms with Crippen molar-refractivity contribution >= 4 is 17.4 Å². The molecule has 6 nitrogen and oxygen atoms in total. The van der Waals surface area contributed by atoms with Crippen molar-refractivity contribution in [2.75, 3.05) is 17.2 Å². The molecule has 0 atom stereocenters. The molecule has 1 aromatic heterocycles. The first-order chi connectivity index (χ1) is 10.1. The van der Waals surface area contributed by atoms with Gasteiger partial charge < -0.3 is 10.6 Å². The van der Waals surface area contributed by atoms with Gasteiger partial charge in [-0.3, -0.25) is 9.59 Å². The van der Waals surface area contributed by atoms with Gasteiger partial charge in [-0.15, -0.1) is 0 Å². The van der Waals surface area contributed by atoms with Crippen LogP contribution in [0.4, 0.5) is 11.5 Å². The lowest BCUT2D eigenvalue weighted by atomic mass is 10.1. The summed E-state index contributed by atoms with van der Waals surface area (Å²) in [6.07, 6.45) is 1.04. The lowest BCUT2D eigenvalue weighted by Crippen LogP contribution is -2.16. The Kier molecular flexibility index (Phi) is 4.71. The number of amides is 1. The highest BCUT2D eigenvalue weighted by Crippen LogP contribution is 2.16. The molecule has 110 valence electrons. The van der Waals surface area contributed by atoms with E-state index in [2.05, 4.69) is 27.8 Å². The van der Waals surface area contributed by atoms with Crippen LogP contribution >= 0.6 is 0 Å². The van der Waals surface area contributed by atoms with Gasteiger partial charge in [-0.05, 0) is 43.2 Å². The minimum Gasteiger partial charge on any atom is -0.385 e. The van der Waals surface area contributed by atoms with Crippen LogP contribution < -0.4 is 16.2 Å². The number of aromatic nitrogens is 2. The van der Waals surface area contributed by atoms with E-state index in [1.165, 1.54) is 12.1 Å². The molecule has 1 amide bonds. The average molecular weight is 286 g/mol. The number of benzene rings is 1. The van der Waals surface area contributed by atoms with Crippen LogP contribution in [-0.2, 0) is 0 Å². The predicted octanol–water partition coefficient (Wildman–Crippen LogP) is 2.15. The zero-order valence-electron chi connectivity index (χ0n) is 12.1. The molecule has 1 heterocycles. The number of aryl methyl sites for hydroxylation is 1. The molecular formula is C15H18N4O2. The molecule has 21 heavy (non-hydrogen) atoms. The molecule has 0 fully saturated rings. The van der Waals surface area contributed by atoms with E-state index in [1.807, 2.05) is 19.1 Å². The van der Waals surface area contributed by atoms with Crippen LogP contribution in [-0.4, -0.2) is 22.6 Å². The fourth-order valence-electron chi connectivity index (χ4n) is 1.90. The van der Waals surface area contributed by atoms with Crippen LogP contribution in [0.2, 0.25) is 0 Å². The summed E-state index contributed by atoms with van der Waals surface area (Å²) in [6, 6.07) is 8.35. The maximum Gasteiger partial charge on any atom is 0.264 e. The molecule has 0 radical (unpaired) electrons. The maximum atomic E-state index is 12.2. The van der Waals surface area contributed by atoms with Crippen LogP contribution in [0.15, 0.2) is 35.1 Å². The molecule has 2 rings (SSSR count). The molecule has 0 saturated carbocycles. The van der Waals surface area contributed by atoms with Crippen LogP contribution in [0.3, 0.4) is 0 Å². The minimum atomic E-state index is -0.310. The van der Waals surface area contributed by atoms with Crippen molar-refractivity contribution in [1.82, 2.24) is 10.2 Å². The van der Waals surface area contributed by atoms with Crippen LogP contribution in [0.25, 0.3) is 0 Å². The molecule has 0 saturated heterocycles.